The van der Waals surface area contributed by atoms with E-state index in [4.69, 9.17) is 11.6 Å². The molecule has 2 heterocycles. The van der Waals surface area contributed by atoms with Crippen LogP contribution in [0, 0.1) is 0 Å². The number of nitrogens with one attached hydrogen (secondary N) is 1. The number of nitrogens with zero attached hydrogens (tertiary/aromatic N) is 3. The second kappa shape index (κ2) is 9.34. The van der Waals surface area contributed by atoms with Crippen LogP contribution in [0.25, 0.3) is 16.4 Å². The fourth-order valence-corrected chi connectivity index (χ4v) is 4.49. The second-order valence-corrected chi connectivity index (χ2v) is 8.57. The maximum Gasteiger partial charge on any atom is 0.234 e. The van der Waals surface area contributed by atoms with E-state index < -0.39 is 5.97 Å². The number of halogens is 1. The summed E-state index contributed by atoms with van der Waals surface area (Å²) in [6.45, 7) is 0. The minimum Gasteiger partial charge on any atom is -0.545 e. The molecule has 4 rings (SSSR count). The van der Waals surface area contributed by atoms with E-state index in [-0.39, 0.29) is 17.2 Å². The van der Waals surface area contributed by atoms with Gasteiger partial charge in [-0.1, -0.05) is 53.7 Å². The Morgan fingerprint density at radius 1 is 1.10 bits per heavy atom. The van der Waals surface area contributed by atoms with Crippen LogP contribution in [0.3, 0.4) is 0 Å². The summed E-state index contributed by atoms with van der Waals surface area (Å²) in [5.74, 6) is -0.943. The highest BCUT2D eigenvalue weighted by Gasteiger charge is 2.19. The molecule has 0 atom stereocenters. The van der Waals surface area contributed by atoms with E-state index in [1.807, 2.05) is 40.3 Å². The molecule has 0 radical (unpaired) electrons. The lowest BCUT2D eigenvalue weighted by Gasteiger charge is -2.11. The Morgan fingerprint density at radius 2 is 1.94 bits per heavy atom. The van der Waals surface area contributed by atoms with Gasteiger partial charge in [0.2, 0.25) is 5.91 Å². The number of rotatable bonds is 7. The Bertz CT molecular complexity index is 1240. The number of aromatic carboxylic acids is 1. The molecule has 0 unspecified atom stereocenters. The average molecular weight is 470 g/mol. The summed E-state index contributed by atoms with van der Waals surface area (Å²) in [7, 11) is 0. The summed E-state index contributed by atoms with van der Waals surface area (Å²) in [6, 6.07) is 17.1. The van der Waals surface area contributed by atoms with Crippen LogP contribution >= 0.6 is 34.7 Å². The van der Waals surface area contributed by atoms with Crippen LogP contribution in [0.1, 0.15) is 10.4 Å². The van der Waals surface area contributed by atoms with Crippen molar-refractivity contribution in [3.05, 3.63) is 76.6 Å². The maximum absolute atomic E-state index is 12.4. The standard InChI is InChI=1S/C21H15ClN4O3S2/c22-15-7-1-2-8-16(15)26-19(17-9-4-10-30-17)24-25-21(26)31-12-18(27)23-14-6-3-5-13(11-14)20(28)29/h1-11H,12H2,(H,23,27)(H,28,29)/p-1. The van der Waals surface area contributed by atoms with Crippen LogP contribution in [0.15, 0.2) is 71.2 Å². The van der Waals surface area contributed by atoms with Gasteiger partial charge < -0.3 is 15.2 Å². The van der Waals surface area contributed by atoms with Crippen molar-refractivity contribution >= 4 is 52.3 Å². The Morgan fingerprint density at radius 3 is 2.68 bits per heavy atom. The Hall–Kier alpha value is -3.14. The summed E-state index contributed by atoms with van der Waals surface area (Å²) in [5, 5.41) is 25.2. The molecule has 0 bridgehead atoms. The van der Waals surface area contributed by atoms with Crippen molar-refractivity contribution in [3.63, 3.8) is 0 Å². The average Bonchev–Trinajstić information content (AvgIpc) is 3.42. The van der Waals surface area contributed by atoms with Crippen molar-refractivity contribution in [1.82, 2.24) is 14.8 Å². The number of benzene rings is 2. The zero-order valence-electron chi connectivity index (χ0n) is 15.8. The molecular formula is C21H14ClN4O3S2-. The molecule has 10 heteroatoms. The third-order valence-electron chi connectivity index (χ3n) is 4.18. The van der Waals surface area contributed by atoms with Crippen LogP contribution in [0.5, 0.6) is 0 Å². The van der Waals surface area contributed by atoms with Gasteiger partial charge >= 0.3 is 0 Å². The van der Waals surface area contributed by atoms with Crippen molar-refractivity contribution < 1.29 is 14.7 Å². The van der Waals surface area contributed by atoms with Gasteiger partial charge in [-0.15, -0.1) is 21.5 Å². The number of carboxylic acids is 1. The SMILES string of the molecule is O=C(CSc1nnc(-c2cccs2)n1-c1ccccc1Cl)Nc1cccc(C(=O)[O-])c1. The molecule has 0 aliphatic heterocycles. The third-order valence-corrected chi connectivity index (χ3v) is 6.30. The lowest BCUT2D eigenvalue weighted by atomic mass is 10.2. The Labute approximate surface area is 190 Å². The number of thiophene rings is 1. The summed E-state index contributed by atoms with van der Waals surface area (Å²) in [4.78, 5) is 24.4. The highest BCUT2D eigenvalue weighted by Crippen LogP contribution is 2.33. The van der Waals surface area contributed by atoms with E-state index in [2.05, 4.69) is 15.5 Å². The number of amides is 1. The van der Waals surface area contributed by atoms with Gasteiger partial charge in [0.25, 0.3) is 0 Å². The Kier molecular flexibility index (Phi) is 6.36. The van der Waals surface area contributed by atoms with Crippen LogP contribution in [0.4, 0.5) is 5.69 Å². The number of hydrogen-bond acceptors (Lipinski definition) is 7. The van der Waals surface area contributed by atoms with Crippen LogP contribution < -0.4 is 10.4 Å². The lowest BCUT2D eigenvalue weighted by molar-refractivity contribution is -0.255. The first-order chi connectivity index (χ1) is 15.0. The number of para-hydroxylation sites is 1. The maximum atomic E-state index is 12.4. The summed E-state index contributed by atoms with van der Waals surface area (Å²) in [5.41, 5.74) is 1.07. The monoisotopic (exact) mass is 469 g/mol. The van der Waals surface area contributed by atoms with Crippen molar-refractivity contribution in [2.75, 3.05) is 11.1 Å². The number of carbonyl (C=O) groups is 2. The lowest BCUT2D eigenvalue weighted by Crippen LogP contribution is -2.22. The van der Waals surface area contributed by atoms with Gasteiger partial charge in [0.1, 0.15) is 0 Å². The van der Waals surface area contributed by atoms with Gasteiger partial charge in [-0.25, -0.2) is 0 Å². The molecule has 0 saturated carbocycles. The largest absolute Gasteiger partial charge is 0.545 e. The molecule has 7 nitrogen and oxygen atoms in total. The van der Waals surface area contributed by atoms with Crippen molar-refractivity contribution in [2.24, 2.45) is 0 Å². The van der Waals surface area contributed by atoms with Crippen LogP contribution in [-0.4, -0.2) is 32.4 Å². The van der Waals surface area contributed by atoms with Gasteiger partial charge in [-0.2, -0.15) is 0 Å². The third kappa shape index (κ3) is 4.79. The molecular weight excluding hydrogens is 456 g/mol. The predicted octanol–water partition coefficient (Wildman–Crippen LogP) is 3.74. The summed E-state index contributed by atoms with van der Waals surface area (Å²) < 4.78 is 1.82. The molecule has 2 aromatic heterocycles. The molecule has 2 aromatic carbocycles. The van der Waals surface area contributed by atoms with Gasteiger partial charge in [0.05, 0.1) is 27.3 Å². The van der Waals surface area contributed by atoms with E-state index in [9.17, 15) is 14.7 Å². The fourth-order valence-electron chi connectivity index (χ4n) is 2.83. The van der Waals surface area contributed by atoms with E-state index in [0.717, 1.165) is 4.88 Å². The van der Waals surface area contributed by atoms with Crippen molar-refractivity contribution in [2.45, 2.75) is 5.16 Å². The predicted molar refractivity (Wildman–Crippen MR) is 120 cm³/mol. The first kappa shape index (κ1) is 21.1. The van der Waals surface area contributed by atoms with Gasteiger partial charge in [0, 0.05) is 5.69 Å². The minimum absolute atomic E-state index is 0.00972. The number of carboxylic acid groups (broad SMARTS) is 1. The number of hydrogen-bond donors (Lipinski definition) is 1. The van der Waals surface area contributed by atoms with E-state index >= 15 is 0 Å². The Balaban J connectivity index is 1.56. The molecule has 0 aliphatic carbocycles. The van der Waals surface area contributed by atoms with Crippen LogP contribution in [-0.2, 0) is 4.79 Å². The quantitative estimate of drug-likeness (QED) is 0.414. The highest BCUT2D eigenvalue weighted by molar-refractivity contribution is 7.99. The number of thioether (sulfide) groups is 1. The zero-order chi connectivity index (χ0) is 21.8. The van der Waals surface area contributed by atoms with Crippen molar-refractivity contribution in [3.8, 4) is 16.4 Å². The molecule has 31 heavy (non-hydrogen) atoms. The minimum atomic E-state index is -1.31. The van der Waals surface area contributed by atoms with Crippen LogP contribution in [0.2, 0.25) is 5.02 Å². The molecule has 1 N–H and O–H groups in total. The second-order valence-electron chi connectivity index (χ2n) is 6.28. The first-order valence-corrected chi connectivity index (χ1v) is 11.3. The number of anilines is 1. The molecule has 0 saturated heterocycles. The van der Waals surface area contributed by atoms with E-state index in [1.165, 1.54) is 41.3 Å². The molecule has 0 fully saturated rings. The highest BCUT2D eigenvalue weighted by atomic mass is 35.5. The first-order valence-electron chi connectivity index (χ1n) is 9.01. The van der Waals surface area contributed by atoms with Gasteiger partial charge in [-0.3, -0.25) is 9.36 Å². The summed E-state index contributed by atoms with van der Waals surface area (Å²) in [6.07, 6.45) is 0. The molecule has 1 amide bonds. The normalized spacial score (nSPS) is 10.7. The number of carbonyl (C=O) groups excluding carboxylic acids is 2. The molecule has 156 valence electrons. The van der Waals surface area contributed by atoms with Gasteiger partial charge in [-0.05, 0) is 41.3 Å². The topological polar surface area (TPSA) is 99.9 Å². The smallest absolute Gasteiger partial charge is 0.234 e. The van der Waals surface area contributed by atoms with Gasteiger partial charge in [0.15, 0.2) is 11.0 Å². The van der Waals surface area contributed by atoms with E-state index in [1.54, 1.807) is 12.1 Å². The van der Waals surface area contributed by atoms with E-state index in [0.29, 0.717) is 27.4 Å². The van der Waals surface area contributed by atoms with Crippen molar-refractivity contribution in [1.29, 1.82) is 0 Å². The molecule has 4 aromatic rings. The summed E-state index contributed by atoms with van der Waals surface area (Å²) >= 11 is 9.14. The number of aromatic nitrogens is 3. The fraction of sp³-hybridized carbons (Fsp3) is 0.0476. The zero-order valence-corrected chi connectivity index (χ0v) is 18.2. The molecule has 0 spiro atoms. The molecule has 0 aliphatic rings.